The van der Waals surface area contributed by atoms with E-state index in [2.05, 4.69) is 15.5 Å². The number of nitrogens with zero attached hydrogens (tertiary/aromatic N) is 1. The number of anilines is 2. The van der Waals surface area contributed by atoms with E-state index in [1.165, 1.54) is 38.8 Å². The van der Waals surface area contributed by atoms with E-state index in [-0.39, 0.29) is 5.91 Å². The Morgan fingerprint density at radius 1 is 1.24 bits per heavy atom. The Morgan fingerprint density at radius 2 is 1.95 bits per heavy atom. The zero-order valence-corrected chi connectivity index (χ0v) is 12.8. The standard InChI is InChI=1S/C16H26N4O/c1-18-16(21)14-7-6-13(17)12-15(14)19-8-11-20-9-4-2-3-5-10-20/h6-7,12,19H,2-5,8-11,17H2,1H3,(H,18,21). The molecule has 5 nitrogen and oxygen atoms in total. The molecule has 0 aromatic heterocycles. The van der Waals surface area contributed by atoms with Crippen LogP contribution in [0.25, 0.3) is 0 Å². The van der Waals surface area contributed by atoms with E-state index in [1.54, 1.807) is 19.2 Å². The van der Waals surface area contributed by atoms with Gasteiger partial charge in [0, 0.05) is 31.5 Å². The maximum absolute atomic E-state index is 11.9. The average Bonchev–Trinajstić information content (AvgIpc) is 2.75. The third kappa shape index (κ3) is 4.63. The van der Waals surface area contributed by atoms with Crippen LogP contribution in [0.3, 0.4) is 0 Å². The highest BCUT2D eigenvalue weighted by Gasteiger charge is 2.11. The molecule has 1 aliphatic rings. The van der Waals surface area contributed by atoms with Crippen molar-refractivity contribution in [2.45, 2.75) is 25.7 Å². The van der Waals surface area contributed by atoms with Crippen LogP contribution in [0.2, 0.25) is 0 Å². The van der Waals surface area contributed by atoms with Gasteiger partial charge in [-0.2, -0.15) is 0 Å². The number of nitrogens with two attached hydrogens (primary N) is 1. The van der Waals surface area contributed by atoms with E-state index < -0.39 is 0 Å². The highest BCUT2D eigenvalue weighted by molar-refractivity contribution is 6.00. The van der Waals surface area contributed by atoms with Gasteiger partial charge in [0.15, 0.2) is 0 Å². The van der Waals surface area contributed by atoms with Crippen LogP contribution >= 0.6 is 0 Å². The lowest BCUT2D eigenvalue weighted by atomic mass is 10.1. The molecule has 0 radical (unpaired) electrons. The van der Waals surface area contributed by atoms with Gasteiger partial charge in [0.2, 0.25) is 0 Å². The molecule has 1 saturated heterocycles. The third-order valence-electron chi connectivity index (χ3n) is 3.96. The van der Waals surface area contributed by atoms with Gasteiger partial charge >= 0.3 is 0 Å². The van der Waals surface area contributed by atoms with Crippen molar-refractivity contribution in [2.24, 2.45) is 0 Å². The lowest BCUT2D eigenvalue weighted by Gasteiger charge is -2.20. The van der Waals surface area contributed by atoms with Gasteiger partial charge in [-0.25, -0.2) is 0 Å². The summed E-state index contributed by atoms with van der Waals surface area (Å²) in [5.41, 5.74) is 7.94. The molecule has 2 rings (SSSR count). The van der Waals surface area contributed by atoms with Crippen molar-refractivity contribution < 1.29 is 4.79 Å². The summed E-state index contributed by atoms with van der Waals surface area (Å²) in [5, 5.41) is 6.01. The van der Waals surface area contributed by atoms with Gasteiger partial charge in [0.1, 0.15) is 0 Å². The first kappa shape index (κ1) is 15.6. The highest BCUT2D eigenvalue weighted by Crippen LogP contribution is 2.19. The fourth-order valence-corrected chi connectivity index (χ4v) is 2.75. The van der Waals surface area contributed by atoms with Crippen LogP contribution in [0.4, 0.5) is 11.4 Å². The maximum atomic E-state index is 11.9. The Kier molecular flexibility index (Phi) is 5.87. The van der Waals surface area contributed by atoms with E-state index >= 15 is 0 Å². The first-order valence-electron chi connectivity index (χ1n) is 7.78. The second kappa shape index (κ2) is 7.88. The fourth-order valence-electron chi connectivity index (χ4n) is 2.75. The van der Waals surface area contributed by atoms with E-state index in [9.17, 15) is 4.79 Å². The van der Waals surface area contributed by atoms with Crippen molar-refractivity contribution in [1.29, 1.82) is 0 Å². The molecular formula is C16H26N4O. The molecule has 0 spiro atoms. The minimum Gasteiger partial charge on any atom is -0.399 e. The molecule has 0 saturated carbocycles. The minimum absolute atomic E-state index is 0.0905. The van der Waals surface area contributed by atoms with Crippen molar-refractivity contribution in [1.82, 2.24) is 10.2 Å². The van der Waals surface area contributed by atoms with E-state index in [0.717, 1.165) is 18.8 Å². The Morgan fingerprint density at radius 3 is 2.62 bits per heavy atom. The number of hydrogen-bond donors (Lipinski definition) is 3. The van der Waals surface area contributed by atoms with Gasteiger partial charge in [-0.1, -0.05) is 12.8 Å². The Balaban J connectivity index is 1.92. The minimum atomic E-state index is -0.0905. The van der Waals surface area contributed by atoms with E-state index in [1.807, 2.05) is 6.07 Å². The van der Waals surface area contributed by atoms with Crippen LogP contribution < -0.4 is 16.4 Å². The number of benzene rings is 1. The van der Waals surface area contributed by atoms with Crippen LogP contribution in [0.15, 0.2) is 18.2 Å². The number of nitrogens with one attached hydrogen (secondary N) is 2. The molecule has 1 aromatic rings. The zero-order valence-electron chi connectivity index (χ0n) is 12.8. The number of rotatable bonds is 5. The van der Waals surface area contributed by atoms with Crippen LogP contribution in [-0.4, -0.2) is 44.0 Å². The summed E-state index contributed by atoms with van der Waals surface area (Å²) in [6, 6.07) is 5.35. The Bertz CT molecular complexity index is 467. The lowest BCUT2D eigenvalue weighted by molar-refractivity contribution is 0.0964. The summed E-state index contributed by atoms with van der Waals surface area (Å²) in [7, 11) is 1.64. The molecular weight excluding hydrogens is 264 g/mol. The lowest BCUT2D eigenvalue weighted by Crippen LogP contribution is -2.30. The normalized spacial score (nSPS) is 16.2. The molecule has 0 bridgehead atoms. The molecule has 116 valence electrons. The topological polar surface area (TPSA) is 70.4 Å². The van der Waals surface area contributed by atoms with Gasteiger partial charge in [0.25, 0.3) is 5.91 Å². The first-order valence-corrected chi connectivity index (χ1v) is 7.78. The number of amides is 1. The number of likely N-dealkylation sites (tertiary alicyclic amines) is 1. The van der Waals surface area contributed by atoms with Crippen LogP contribution in [0.5, 0.6) is 0 Å². The molecule has 21 heavy (non-hydrogen) atoms. The van der Waals surface area contributed by atoms with Crippen molar-refractivity contribution in [3.63, 3.8) is 0 Å². The first-order chi connectivity index (χ1) is 10.2. The van der Waals surface area contributed by atoms with Gasteiger partial charge in [0.05, 0.1) is 5.56 Å². The molecule has 1 heterocycles. The number of hydrogen-bond acceptors (Lipinski definition) is 4. The van der Waals surface area contributed by atoms with Crippen LogP contribution in [0, 0.1) is 0 Å². The average molecular weight is 290 g/mol. The Hall–Kier alpha value is -1.75. The Labute approximate surface area is 126 Å². The van der Waals surface area contributed by atoms with Crippen molar-refractivity contribution in [3.8, 4) is 0 Å². The molecule has 0 unspecified atom stereocenters. The molecule has 0 aliphatic carbocycles. The van der Waals surface area contributed by atoms with E-state index in [0.29, 0.717) is 11.3 Å². The van der Waals surface area contributed by atoms with Crippen LogP contribution in [0.1, 0.15) is 36.0 Å². The summed E-state index contributed by atoms with van der Waals surface area (Å²) >= 11 is 0. The smallest absolute Gasteiger partial charge is 0.253 e. The predicted octanol–water partition coefficient (Wildman–Crippen LogP) is 1.92. The highest BCUT2D eigenvalue weighted by atomic mass is 16.1. The molecule has 1 aliphatic heterocycles. The summed E-state index contributed by atoms with van der Waals surface area (Å²) in [6.45, 7) is 4.19. The van der Waals surface area contributed by atoms with Gasteiger partial charge < -0.3 is 21.3 Å². The van der Waals surface area contributed by atoms with Gasteiger partial charge in [-0.15, -0.1) is 0 Å². The summed E-state index contributed by atoms with van der Waals surface area (Å²) in [5.74, 6) is -0.0905. The third-order valence-corrected chi connectivity index (χ3v) is 3.96. The molecule has 5 heteroatoms. The van der Waals surface area contributed by atoms with Crippen molar-refractivity contribution in [2.75, 3.05) is 44.3 Å². The second-order valence-corrected chi connectivity index (χ2v) is 5.57. The molecule has 1 aromatic carbocycles. The number of carbonyl (C=O) groups is 1. The maximum Gasteiger partial charge on any atom is 0.253 e. The molecule has 1 amide bonds. The van der Waals surface area contributed by atoms with E-state index in [4.69, 9.17) is 5.73 Å². The SMILES string of the molecule is CNC(=O)c1ccc(N)cc1NCCN1CCCCCC1. The molecule has 0 atom stereocenters. The van der Waals surface area contributed by atoms with Gasteiger partial charge in [-0.05, 0) is 44.1 Å². The monoisotopic (exact) mass is 290 g/mol. The zero-order chi connectivity index (χ0) is 15.1. The summed E-state index contributed by atoms with van der Waals surface area (Å²) in [4.78, 5) is 14.3. The summed E-state index contributed by atoms with van der Waals surface area (Å²) < 4.78 is 0. The summed E-state index contributed by atoms with van der Waals surface area (Å²) in [6.07, 6.45) is 5.28. The molecule has 4 N–H and O–H groups in total. The quantitative estimate of drug-likeness (QED) is 0.725. The second-order valence-electron chi connectivity index (χ2n) is 5.57. The van der Waals surface area contributed by atoms with Gasteiger partial charge in [-0.3, -0.25) is 4.79 Å². The largest absolute Gasteiger partial charge is 0.399 e. The number of nitrogen functional groups attached to an aromatic ring is 1. The predicted molar refractivity (Wildman–Crippen MR) is 87.6 cm³/mol. The van der Waals surface area contributed by atoms with Crippen molar-refractivity contribution in [3.05, 3.63) is 23.8 Å². The fraction of sp³-hybridized carbons (Fsp3) is 0.562. The molecule has 1 fully saturated rings. The van der Waals surface area contributed by atoms with Crippen LogP contribution in [-0.2, 0) is 0 Å². The van der Waals surface area contributed by atoms with Crippen molar-refractivity contribution >= 4 is 17.3 Å². The number of carbonyl (C=O) groups excluding carboxylic acids is 1.